The largest absolute Gasteiger partial charge is 0.350 e. The van der Waals surface area contributed by atoms with Crippen LogP contribution in [-0.4, -0.2) is 42.0 Å². The predicted molar refractivity (Wildman–Crippen MR) is 56.9 cm³/mol. The van der Waals surface area contributed by atoms with Crippen LogP contribution >= 0.6 is 0 Å². The second kappa shape index (κ2) is 4.28. The molecule has 0 unspecified atom stereocenters. The number of carbonyl (C=O) groups is 1. The third-order valence-corrected chi connectivity index (χ3v) is 2.19. The van der Waals surface area contributed by atoms with E-state index in [2.05, 4.69) is 10.2 Å². The molecule has 4 heteroatoms. The Morgan fingerprint density at radius 2 is 2.21 bits per heavy atom. The zero-order valence-corrected chi connectivity index (χ0v) is 9.34. The van der Waals surface area contributed by atoms with Gasteiger partial charge in [0, 0.05) is 24.7 Å². The topological polar surface area (TPSA) is 58.4 Å². The van der Waals surface area contributed by atoms with Gasteiger partial charge in [-0.05, 0) is 27.2 Å². The number of nitrogens with two attached hydrogens (primary N) is 1. The summed E-state index contributed by atoms with van der Waals surface area (Å²) in [5, 5.41) is 2.94. The zero-order chi connectivity index (χ0) is 10.8. The molecule has 4 nitrogen and oxygen atoms in total. The van der Waals surface area contributed by atoms with E-state index in [1.54, 1.807) is 0 Å². The quantitative estimate of drug-likeness (QED) is 0.655. The van der Waals surface area contributed by atoms with Crippen LogP contribution in [0.4, 0.5) is 0 Å². The predicted octanol–water partition coefficient (Wildman–Crippen LogP) is -0.0659. The molecular weight excluding hydrogens is 178 g/mol. The average molecular weight is 199 g/mol. The van der Waals surface area contributed by atoms with Crippen molar-refractivity contribution in [3.63, 3.8) is 0 Å². The van der Waals surface area contributed by atoms with Gasteiger partial charge in [0.15, 0.2) is 0 Å². The number of nitrogens with one attached hydrogen (secondary N) is 1. The molecule has 1 saturated heterocycles. The molecule has 0 aromatic carbocycles. The highest BCUT2D eigenvalue weighted by Crippen LogP contribution is 2.06. The Morgan fingerprint density at radius 3 is 2.64 bits per heavy atom. The summed E-state index contributed by atoms with van der Waals surface area (Å²) in [6, 6.07) is 0.248. The molecule has 14 heavy (non-hydrogen) atoms. The van der Waals surface area contributed by atoms with Crippen LogP contribution in [-0.2, 0) is 4.79 Å². The first-order valence-electron chi connectivity index (χ1n) is 5.16. The lowest BCUT2D eigenvalue weighted by atomic mass is 10.1. The SMILES string of the molecule is CC(C)(C)NC(=O)CN1CC[C@H](N)C1. The van der Waals surface area contributed by atoms with Crippen LogP contribution in [0.25, 0.3) is 0 Å². The number of nitrogens with zero attached hydrogens (tertiary/aromatic N) is 1. The van der Waals surface area contributed by atoms with E-state index in [4.69, 9.17) is 5.73 Å². The molecule has 1 heterocycles. The Hall–Kier alpha value is -0.610. The third kappa shape index (κ3) is 4.07. The summed E-state index contributed by atoms with van der Waals surface area (Å²) in [6.07, 6.45) is 1.00. The highest BCUT2D eigenvalue weighted by Gasteiger charge is 2.22. The summed E-state index contributed by atoms with van der Waals surface area (Å²) in [7, 11) is 0. The fourth-order valence-corrected chi connectivity index (χ4v) is 1.67. The molecule has 1 aliphatic rings. The molecule has 1 atom stereocenters. The van der Waals surface area contributed by atoms with Crippen LogP contribution in [0.3, 0.4) is 0 Å². The molecular formula is C10H21N3O. The summed E-state index contributed by atoms with van der Waals surface area (Å²) in [5.74, 6) is 0.0894. The van der Waals surface area contributed by atoms with Crippen LogP contribution < -0.4 is 11.1 Å². The lowest BCUT2D eigenvalue weighted by Crippen LogP contribution is -2.45. The molecule has 1 amide bonds. The normalized spacial score (nSPS) is 23.9. The minimum Gasteiger partial charge on any atom is -0.350 e. The van der Waals surface area contributed by atoms with E-state index in [0.29, 0.717) is 6.54 Å². The highest BCUT2D eigenvalue weighted by molar-refractivity contribution is 5.78. The van der Waals surface area contributed by atoms with Gasteiger partial charge in [0.2, 0.25) is 5.91 Å². The van der Waals surface area contributed by atoms with Crippen molar-refractivity contribution in [2.24, 2.45) is 5.73 Å². The van der Waals surface area contributed by atoms with Crippen LogP contribution in [0.5, 0.6) is 0 Å². The van der Waals surface area contributed by atoms with Gasteiger partial charge in [-0.3, -0.25) is 9.69 Å². The molecule has 3 N–H and O–H groups in total. The Bertz CT molecular complexity index is 210. The molecule has 0 spiro atoms. The maximum atomic E-state index is 11.5. The minimum atomic E-state index is -0.140. The molecule has 1 rings (SSSR count). The zero-order valence-electron chi connectivity index (χ0n) is 9.34. The van der Waals surface area contributed by atoms with Gasteiger partial charge in [0.25, 0.3) is 0 Å². The van der Waals surface area contributed by atoms with Gasteiger partial charge < -0.3 is 11.1 Å². The maximum Gasteiger partial charge on any atom is 0.234 e. The van der Waals surface area contributed by atoms with E-state index in [1.165, 1.54) is 0 Å². The van der Waals surface area contributed by atoms with Gasteiger partial charge in [0.1, 0.15) is 0 Å². The van der Waals surface area contributed by atoms with Crippen LogP contribution in [0, 0.1) is 0 Å². The van der Waals surface area contributed by atoms with E-state index < -0.39 is 0 Å². The van der Waals surface area contributed by atoms with Crippen molar-refractivity contribution < 1.29 is 4.79 Å². The smallest absolute Gasteiger partial charge is 0.234 e. The summed E-state index contributed by atoms with van der Waals surface area (Å²) < 4.78 is 0. The Labute approximate surface area is 85.8 Å². The van der Waals surface area contributed by atoms with Gasteiger partial charge in [0.05, 0.1) is 6.54 Å². The Balaban J connectivity index is 2.27. The number of rotatable bonds is 2. The van der Waals surface area contributed by atoms with Gasteiger partial charge in [-0.15, -0.1) is 0 Å². The van der Waals surface area contributed by atoms with Gasteiger partial charge in [-0.2, -0.15) is 0 Å². The lowest BCUT2D eigenvalue weighted by Gasteiger charge is -2.23. The average Bonchev–Trinajstić information content (AvgIpc) is 2.30. The van der Waals surface area contributed by atoms with Crippen LogP contribution in [0.1, 0.15) is 27.2 Å². The number of hydrogen-bond acceptors (Lipinski definition) is 3. The number of hydrogen-bond donors (Lipinski definition) is 2. The first-order chi connectivity index (χ1) is 6.37. The highest BCUT2D eigenvalue weighted by atomic mass is 16.2. The maximum absolute atomic E-state index is 11.5. The van der Waals surface area contributed by atoms with E-state index in [0.717, 1.165) is 19.5 Å². The molecule has 0 aliphatic carbocycles. The van der Waals surface area contributed by atoms with Crippen molar-refractivity contribution in [1.82, 2.24) is 10.2 Å². The third-order valence-electron chi connectivity index (χ3n) is 2.19. The lowest BCUT2D eigenvalue weighted by molar-refractivity contribution is -0.123. The fourth-order valence-electron chi connectivity index (χ4n) is 1.67. The number of carbonyl (C=O) groups excluding carboxylic acids is 1. The summed E-state index contributed by atoms with van der Waals surface area (Å²) in [4.78, 5) is 13.6. The summed E-state index contributed by atoms with van der Waals surface area (Å²) in [5.41, 5.74) is 5.61. The van der Waals surface area contributed by atoms with Gasteiger partial charge in [-0.25, -0.2) is 0 Å². The van der Waals surface area contributed by atoms with E-state index in [-0.39, 0.29) is 17.5 Å². The summed E-state index contributed by atoms with van der Waals surface area (Å²) in [6.45, 7) is 8.23. The van der Waals surface area contributed by atoms with Gasteiger partial charge in [-0.1, -0.05) is 0 Å². The van der Waals surface area contributed by atoms with E-state index in [1.807, 2.05) is 20.8 Å². The van der Waals surface area contributed by atoms with E-state index >= 15 is 0 Å². The number of likely N-dealkylation sites (tertiary alicyclic amines) is 1. The summed E-state index contributed by atoms with van der Waals surface area (Å²) >= 11 is 0. The Kier molecular flexibility index (Phi) is 3.50. The van der Waals surface area contributed by atoms with Crippen molar-refractivity contribution in [2.45, 2.75) is 38.8 Å². The molecule has 0 aromatic rings. The van der Waals surface area contributed by atoms with Crippen LogP contribution in [0.2, 0.25) is 0 Å². The molecule has 0 aromatic heterocycles. The fraction of sp³-hybridized carbons (Fsp3) is 0.900. The van der Waals surface area contributed by atoms with Crippen molar-refractivity contribution in [3.8, 4) is 0 Å². The molecule has 1 fully saturated rings. The molecule has 82 valence electrons. The number of amides is 1. The standard InChI is InChI=1S/C10H21N3O/c1-10(2,3)12-9(14)7-13-5-4-8(11)6-13/h8H,4-7,11H2,1-3H3,(H,12,14)/t8-/m0/s1. The molecule has 0 radical (unpaired) electrons. The molecule has 0 saturated carbocycles. The van der Waals surface area contributed by atoms with E-state index in [9.17, 15) is 4.79 Å². The first-order valence-corrected chi connectivity index (χ1v) is 5.16. The Morgan fingerprint density at radius 1 is 1.57 bits per heavy atom. The van der Waals surface area contributed by atoms with Crippen LogP contribution in [0.15, 0.2) is 0 Å². The molecule has 0 bridgehead atoms. The van der Waals surface area contributed by atoms with Crippen molar-refractivity contribution in [3.05, 3.63) is 0 Å². The second-order valence-electron chi connectivity index (χ2n) is 5.08. The minimum absolute atomic E-state index is 0.0894. The van der Waals surface area contributed by atoms with Crippen molar-refractivity contribution in [1.29, 1.82) is 0 Å². The first kappa shape index (κ1) is 11.5. The van der Waals surface area contributed by atoms with Gasteiger partial charge >= 0.3 is 0 Å². The second-order valence-corrected chi connectivity index (χ2v) is 5.08. The van der Waals surface area contributed by atoms with Crippen molar-refractivity contribution in [2.75, 3.05) is 19.6 Å². The van der Waals surface area contributed by atoms with Crippen molar-refractivity contribution >= 4 is 5.91 Å². The monoisotopic (exact) mass is 199 g/mol. The molecule has 1 aliphatic heterocycles.